The summed E-state index contributed by atoms with van der Waals surface area (Å²) in [5, 5.41) is 8.69. The Hall–Kier alpha value is -3.19. The maximum absolute atomic E-state index is 14.1. The highest BCUT2D eigenvalue weighted by molar-refractivity contribution is 7.92. The van der Waals surface area contributed by atoms with Crippen LogP contribution < -0.4 is 4.72 Å². The zero-order chi connectivity index (χ0) is 23.8. The van der Waals surface area contributed by atoms with Gasteiger partial charge in [0.05, 0.1) is 10.6 Å². The normalized spacial score (nSPS) is 11.3. The average molecular weight is 470 g/mol. The minimum atomic E-state index is -3.89. The molecule has 0 saturated carbocycles. The molecule has 3 aromatic carbocycles. The second-order valence-electron chi connectivity index (χ2n) is 8.07. The standard InChI is InChI=1S/C26H28FNO4S/c1-19-16-22(27)18-24(21-12-6-4-7-13-21)26(19)28-33(31,32)23-14-9-11-20(17-23)10-5-2-3-8-15-25(29)30/h4,6-7,9,11-14,16-18,28H,2-3,5,8,10,15H2,1H3,(H,29,30). The van der Waals surface area contributed by atoms with Crippen LogP contribution in [-0.4, -0.2) is 19.5 Å². The topological polar surface area (TPSA) is 83.5 Å². The second kappa shape index (κ2) is 11.1. The summed E-state index contributed by atoms with van der Waals surface area (Å²) in [6.07, 6.45) is 4.10. The Bertz CT molecular complexity index is 1210. The summed E-state index contributed by atoms with van der Waals surface area (Å²) in [5.74, 6) is -1.22. The number of aliphatic carboxylic acids is 1. The molecule has 7 heteroatoms. The molecule has 0 aliphatic carbocycles. The van der Waals surface area contributed by atoms with E-state index in [2.05, 4.69) is 4.72 Å². The minimum Gasteiger partial charge on any atom is -0.481 e. The third-order valence-electron chi connectivity index (χ3n) is 5.44. The molecule has 3 rings (SSSR count). The predicted molar refractivity (Wildman–Crippen MR) is 128 cm³/mol. The molecule has 0 radical (unpaired) electrons. The lowest BCUT2D eigenvalue weighted by molar-refractivity contribution is -0.137. The van der Waals surface area contributed by atoms with Gasteiger partial charge >= 0.3 is 5.97 Å². The van der Waals surface area contributed by atoms with Crippen LogP contribution in [0.4, 0.5) is 10.1 Å². The van der Waals surface area contributed by atoms with Crippen molar-refractivity contribution >= 4 is 21.7 Å². The van der Waals surface area contributed by atoms with Crippen molar-refractivity contribution in [3.63, 3.8) is 0 Å². The lowest BCUT2D eigenvalue weighted by Gasteiger charge is -2.16. The van der Waals surface area contributed by atoms with Gasteiger partial charge in [0, 0.05) is 12.0 Å². The fourth-order valence-electron chi connectivity index (χ4n) is 3.74. The zero-order valence-corrected chi connectivity index (χ0v) is 19.4. The molecule has 0 bridgehead atoms. The lowest BCUT2D eigenvalue weighted by atomic mass is 10.0. The van der Waals surface area contributed by atoms with Crippen LogP contribution in [0.3, 0.4) is 0 Å². The molecular formula is C26H28FNO4S. The monoisotopic (exact) mass is 469 g/mol. The SMILES string of the molecule is Cc1cc(F)cc(-c2ccccc2)c1NS(=O)(=O)c1cccc(CCCCCCC(=O)O)c1. The van der Waals surface area contributed by atoms with E-state index >= 15 is 0 Å². The molecule has 0 atom stereocenters. The Balaban J connectivity index is 1.77. The summed E-state index contributed by atoms with van der Waals surface area (Å²) in [5.41, 5.74) is 2.94. The first-order valence-corrected chi connectivity index (χ1v) is 12.4. The number of aryl methyl sites for hydroxylation is 2. The average Bonchev–Trinajstić information content (AvgIpc) is 2.78. The van der Waals surface area contributed by atoms with Gasteiger partial charge in [-0.05, 0) is 67.1 Å². The number of benzene rings is 3. The van der Waals surface area contributed by atoms with Gasteiger partial charge in [0.1, 0.15) is 5.82 Å². The number of carboxylic acids is 1. The number of sulfonamides is 1. The molecule has 33 heavy (non-hydrogen) atoms. The zero-order valence-electron chi connectivity index (χ0n) is 18.6. The van der Waals surface area contributed by atoms with Gasteiger partial charge in [0.2, 0.25) is 0 Å². The highest BCUT2D eigenvalue weighted by Gasteiger charge is 2.19. The van der Waals surface area contributed by atoms with E-state index in [9.17, 15) is 17.6 Å². The van der Waals surface area contributed by atoms with E-state index in [-0.39, 0.29) is 11.3 Å². The molecule has 0 aromatic heterocycles. The van der Waals surface area contributed by atoms with Crippen LogP contribution in [0.2, 0.25) is 0 Å². The maximum Gasteiger partial charge on any atom is 0.303 e. The number of hydrogen-bond donors (Lipinski definition) is 2. The van der Waals surface area contributed by atoms with E-state index in [4.69, 9.17) is 5.11 Å². The van der Waals surface area contributed by atoms with Crippen molar-refractivity contribution < 1.29 is 22.7 Å². The molecule has 0 amide bonds. The largest absolute Gasteiger partial charge is 0.481 e. The number of nitrogens with one attached hydrogen (secondary N) is 1. The number of anilines is 1. The molecule has 0 saturated heterocycles. The lowest BCUT2D eigenvalue weighted by Crippen LogP contribution is -2.15. The van der Waals surface area contributed by atoms with Crippen molar-refractivity contribution in [2.75, 3.05) is 4.72 Å². The molecule has 0 aliphatic heterocycles. The van der Waals surface area contributed by atoms with E-state index in [0.29, 0.717) is 29.7 Å². The molecule has 0 heterocycles. The van der Waals surface area contributed by atoms with E-state index in [1.807, 2.05) is 36.4 Å². The molecule has 3 aromatic rings. The molecule has 0 fully saturated rings. The van der Waals surface area contributed by atoms with Gasteiger partial charge in [-0.1, -0.05) is 55.3 Å². The van der Waals surface area contributed by atoms with Crippen molar-refractivity contribution in [2.45, 2.75) is 50.3 Å². The van der Waals surface area contributed by atoms with Crippen LogP contribution in [0.25, 0.3) is 11.1 Å². The Labute approximate surface area is 194 Å². The van der Waals surface area contributed by atoms with Crippen LogP contribution in [0.1, 0.15) is 43.2 Å². The Morgan fingerprint density at radius 2 is 1.67 bits per heavy atom. The molecule has 5 nitrogen and oxygen atoms in total. The van der Waals surface area contributed by atoms with Gasteiger partial charge < -0.3 is 5.11 Å². The van der Waals surface area contributed by atoms with Crippen molar-refractivity contribution in [2.24, 2.45) is 0 Å². The smallest absolute Gasteiger partial charge is 0.303 e. The van der Waals surface area contributed by atoms with E-state index in [0.717, 1.165) is 30.4 Å². The number of carbonyl (C=O) groups is 1. The van der Waals surface area contributed by atoms with Gasteiger partial charge in [-0.15, -0.1) is 0 Å². The summed E-state index contributed by atoms with van der Waals surface area (Å²) >= 11 is 0. The third-order valence-corrected chi connectivity index (χ3v) is 6.78. The number of halogens is 1. The van der Waals surface area contributed by atoms with Gasteiger partial charge in [0.15, 0.2) is 0 Å². The highest BCUT2D eigenvalue weighted by Crippen LogP contribution is 2.33. The predicted octanol–water partition coefficient (Wildman–Crippen LogP) is 6.18. The van der Waals surface area contributed by atoms with Crippen LogP contribution >= 0.6 is 0 Å². The van der Waals surface area contributed by atoms with Crippen molar-refractivity contribution in [1.82, 2.24) is 0 Å². The molecule has 2 N–H and O–H groups in total. The van der Waals surface area contributed by atoms with Gasteiger partial charge in [-0.3, -0.25) is 9.52 Å². The van der Waals surface area contributed by atoms with Gasteiger partial charge in [-0.25, -0.2) is 12.8 Å². The van der Waals surface area contributed by atoms with Crippen LogP contribution in [0.15, 0.2) is 71.6 Å². The highest BCUT2D eigenvalue weighted by atomic mass is 32.2. The first kappa shape index (κ1) is 24.5. The van der Waals surface area contributed by atoms with Crippen molar-refractivity contribution in [3.05, 3.63) is 83.7 Å². The number of carboxylic acid groups (broad SMARTS) is 1. The molecular weight excluding hydrogens is 441 g/mol. The van der Waals surface area contributed by atoms with Crippen LogP contribution in [0.5, 0.6) is 0 Å². The molecule has 0 aliphatic rings. The van der Waals surface area contributed by atoms with E-state index < -0.39 is 21.8 Å². The van der Waals surface area contributed by atoms with E-state index in [1.54, 1.807) is 25.1 Å². The van der Waals surface area contributed by atoms with Gasteiger partial charge in [0.25, 0.3) is 10.0 Å². The van der Waals surface area contributed by atoms with Crippen molar-refractivity contribution in [3.8, 4) is 11.1 Å². The minimum absolute atomic E-state index is 0.147. The van der Waals surface area contributed by atoms with Crippen LogP contribution in [0, 0.1) is 12.7 Å². The summed E-state index contributed by atoms with van der Waals surface area (Å²) in [4.78, 5) is 10.7. The second-order valence-corrected chi connectivity index (χ2v) is 9.75. The quantitative estimate of drug-likeness (QED) is 0.329. The molecule has 174 valence electrons. The summed E-state index contributed by atoms with van der Waals surface area (Å²) in [6.45, 7) is 1.67. The Kier molecular flexibility index (Phi) is 8.22. The maximum atomic E-state index is 14.1. The summed E-state index contributed by atoms with van der Waals surface area (Å²) in [7, 11) is -3.89. The first-order chi connectivity index (χ1) is 15.8. The fourth-order valence-corrected chi connectivity index (χ4v) is 4.97. The van der Waals surface area contributed by atoms with Gasteiger partial charge in [-0.2, -0.15) is 0 Å². The van der Waals surface area contributed by atoms with Crippen LogP contribution in [-0.2, 0) is 21.2 Å². The molecule has 0 spiro atoms. The van der Waals surface area contributed by atoms with Crippen molar-refractivity contribution in [1.29, 1.82) is 0 Å². The molecule has 0 unspecified atom stereocenters. The third kappa shape index (κ3) is 6.89. The summed E-state index contributed by atoms with van der Waals surface area (Å²) in [6, 6.07) is 18.5. The first-order valence-electron chi connectivity index (χ1n) is 11.0. The summed E-state index contributed by atoms with van der Waals surface area (Å²) < 4.78 is 43.2. The Morgan fingerprint density at radius 1 is 0.939 bits per heavy atom. The Morgan fingerprint density at radius 3 is 2.39 bits per heavy atom. The number of unbranched alkanes of at least 4 members (excludes halogenated alkanes) is 3. The fraction of sp³-hybridized carbons (Fsp3) is 0.269. The van der Waals surface area contributed by atoms with E-state index in [1.165, 1.54) is 12.1 Å². The number of rotatable bonds is 11. The number of hydrogen-bond acceptors (Lipinski definition) is 3.